The Kier molecular flexibility index (Phi) is 7.74. The quantitative estimate of drug-likeness (QED) is 0.666. The Morgan fingerprint density at radius 3 is 2.44 bits per heavy atom. The van der Waals surface area contributed by atoms with Crippen LogP contribution in [-0.4, -0.2) is 38.2 Å². The average molecular weight is 369 g/mol. The molecule has 0 atom stereocenters. The van der Waals surface area contributed by atoms with Gasteiger partial charge in [-0.25, -0.2) is 0 Å². The Hall–Kier alpha value is -2.95. The van der Waals surface area contributed by atoms with E-state index in [1.54, 1.807) is 19.1 Å². The lowest BCUT2D eigenvalue weighted by Gasteiger charge is -2.18. The zero-order valence-corrected chi connectivity index (χ0v) is 16.4. The van der Waals surface area contributed by atoms with Crippen molar-refractivity contribution >= 4 is 12.0 Å². The number of likely N-dealkylation sites (N-methyl/N-ethyl adjacent to an activating group) is 1. The van der Waals surface area contributed by atoms with Crippen LogP contribution in [0, 0.1) is 0 Å². The lowest BCUT2D eigenvalue weighted by molar-refractivity contribution is -0.132. The molecule has 144 valence electrons. The van der Waals surface area contributed by atoms with Crippen molar-refractivity contribution < 1.29 is 19.0 Å². The number of nitrogens with zero attached hydrogens (tertiary/aromatic N) is 1. The Bertz CT molecular complexity index is 768. The molecule has 0 fully saturated rings. The molecule has 0 aliphatic heterocycles. The second kappa shape index (κ2) is 10.3. The molecule has 0 saturated carbocycles. The lowest BCUT2D eigenvalue weighted by Crippen LogP contribution is -2.31. The number of carbonyl (C=O) groups is 1. The van der Waals surface area contributed by atoms with E-state index >= 15 is 0 Å². The first-order valence-corrected chi connectivity index (χ1v) is 8.96. The van der Waals surface area contributed by atoms with Gasteiger partial charge in [0.15, 0.2) is 18.1 Å². The molecule has 0 aromatic heterocycles. The predicted octanol–water partition coefficient (Wildman–Crippen LogP) is 4.16. The summed E-state index contributed by atoms with van der Waals surface area (Å²) in [5.74, 6) is 1.87. The minimum Gasteiger partial charge on any atom is -0.494 e. The predicted molar refractivity (Wildman–Crippen MR) is 107 cm³/mol. The first-order valence-electron chi connectivity index (χ1n) is 8.96. The summed E-state index contributed by atoms with van der Waals surface area (Å²) in [6, 6.07) is 13.3. The van der Waals surface area contributed by atoms with Crippen molar-refractivity contribution in [3.63, 3.8) is 0 Å². The van der Waals surface area contributed by atoms with Crippen LogP contribution in [0.3, 0.4) is 0 Å². The van der Waals surface area contributed by atoms with E-state index in [9.17, 15) is 4.79 Å². The molecule has 5 nitrogen and oxygen atoms in total. The fraction of sp³-hybridized carbons (Fsp3) is 0.318. The van der Waals surface area contributed by atoms with Gasteiger partial charge < -0.3 is 19.1 Å². The molecular formula is C22H27NO4. The molecule has 2 aromatic rings. The summed E-state index contributed by atoms with van der Waals surface area (Å²) in [7, 11) is 3.34. The summed E-state index contributed by atoms with van der Waals surface area (Å²) in [6.45, 7) is 4.99. The number of hydrogen-bond donors (Lipinski definition) is 0. The zero-order valence-electron chi connectivity index (χ0n) is 16.4. The molecule has 2 aromatic carbocycles. The highest BCUT2D eigenvalue weighted by Gasteiger charge is 2.12. The maximum atomic E-state index is 12.4. The van der Waals surface area contributed by atoms with E-state index in [4.69, 9.17) is 14.2 Å². The van der Waals surface area contributed by atoms with Crippen molar-refractivity contribution in [2.45, 2.75) is 20.4 Å². The Balaban J connectivity index is 1.92. The van der Waals surface area contributed by atoms with Gasteiger partial charge in [0, 0.05) is 13.6 Å². The average Bonchev–Trinajstić information content (AvgIpc) is 2.68. The topological polar surface area (TPSA) is 48.0 Å². The minimum absolute atomic E-state index is 0.0488. The summed E-state index contributed by atoms with van der Waals surface area (Å²) in [4.78, 5) is 14.0. The molecule has 1 amide bonds. The van der Waals surface area contributed by atoms with Gasteiger partial charge in [-0.2, -0.15) is 0 Å². The minimum atomic E-state index is -0.108. The number of ether oxygens (including phenoxy) is 3. The van der Waals surface area contributed by atoms with Gasteiger partial charge >= 0.3 is 0 Å². The zero-order chi connectivity index (χ0) is 19.6. The number of carbonyl (C=O) groups excluding carboxylic acids is 1. The van der Waals surface area contributed by atoms with Crippen molar-refractivity contribution in [2.24, 2.45) is 0 Å². The fourth-order valence-electron chi connectivity index (χ4n) is 2.57. The molecule has 0 aliphatic carbocycles. The van der Waals surface area contributed by atoms with Gasteiger partial charge in [0.25, 0.3) is 5.91 Å². The normalized spacial score (nSPS) is 10.7. The number of amides is 1. The number of benzene rings is 2. The number of allylic oxidation sites excluding steroid dienone is 1. The van der Waals surface area contributed by atoms with Crippen LogP contribution in [-0.2, 0) is 11.3 Å². The Morgan fingerprint density at radius 1 is 1.07 bits per heavy atom. The van der Waals surface area contributed by atoms with E-state index < -0.39 is 0 Å². The highest BCUT2D eigenvalue weighted by Crippen LogP contribution is 2.28. The maximum Gasteiger partial charge on any atom is 0.260 e. The number of methoxy groups -OCH3 is 1. The van der Waals surface area contributed by atoms with Crippen molar-refractivity contribution in [3.8, 4) is 17.2 Å². The summed E-state index contributed by atoms with van der Waals surface area (Å²) < 4.78 is 16.5. The molecule has 0 aliphatic rings. The Labute approximate surface area is 161 Å². The van der Waals surface area contributed by atoms with E-state index in [0.29, 0.717) is 24.7 Å². The van der Waals surface area contributed by atoms with Crippen LogP contribution in [0.25, 0.3) is 6.08 Å². The third-order valence-corrected chi connectivity index (χ3v) is 3.98. The number of hydrogen-bond acceptors (Lipinski definition) is 4. The second-order valence-electron chi connectivity index (χ2n) is 6.03. The molecule has 0 radical (unpaired) electrons. The molecule has 0 bridgehead atoms. The van der Waals surface area contributed by atoms with Crippen LogP contribution < -0.4 is 14.2 Å². The standard InChI is InChI=1S/C22H27NO4/c1-5-7-17-10-13-20(21(14-17)25-4)27-16-22(24)23(3)15-18-8-11-19(12-9-18)26-6-2/h5,7-14H,6,15-16H2,1-4H3/b7-5+. The van der Waals surface area contributed by atoms with Crippen LogP contribution >= 0.6 is 0 Å². The van der Waals surface area contributed by atoms with Crippen LogP contribution in [0.5, 0.6) is 17.2 Å². The van der Waals surface area contributed by atoms with Gasteiger partial charge in [0.1, 0.15) is 5.75 Å². The molecule has 0 N–H and O–H groups in total. The molecule has 2 rings (SSSR count). The van der Waals surface area contributed by atoms with Gasteiger partial charge in [0.2, 0.25) is 0 Å². The van der Waals surface area contributed by atoms with E-state index in [1.165, 1.54) is 0 Å². The van der Waals surface area contributed by atoms with Crippen LogP contribution in [0.4, 0.5) is 0 Å². The van der Waals surface area contributed by atoms with E-state index in [2.05, 4.69) is 0 Å². The van der Waals surface area contributed by atoms with E-state index in [0.717, 1.165) is 16.9 Å². The van der Waals surface area contributed by atoms with Gasteiger partial charge in [-0.3, -0.25) is 4.79 Å². The summed E-state index contributed by atoms with van der Waals surface area (Å²) in [5.41, 5.74) is 2.04. The molecule has 5 heteroatoms. The van der Waals surface area contributed by atoms with Crippen LogP contribution in [0.1, 0.15) is 25.0 Å². The summed E-state index contributed by atoms with van der Waals surface area (Å²) in [5, 5.41) is 0. The molecular weight excluding hydrogens is 342 g/mol. The van der Waals surface area contributed by atoms with E-state index in [-0.39, 0.29) is 12.5 Å². The highest BCUT2D eigenvalue weighted by atomic mass is 16.5. The SMILES string of the molecule is C/C=C/c1ccc(OCC(=O)N(C)Cc2ccc(OCC)cc2)c(OC)c1. The molecule has 0 spiro atoms. The highest BCUT2D eigenvalue weighted by molar-refractivity contribution is 5.77. The van der Waals surface area contributed by atoms with Gasteiger partial charge in [-0.05, 0) is 49.2 Å². The molecule has 27 heavy (non-hydrogen) atoms. The Morgan fingerprint density at radius 2 is 1.81 bits per heavy atom. The summed E-state index contributed by atoms with van der Waals surface area (Å²) >= 11 is 0. The first-order chi connectivity index (χ1) is 13.1. The molecule has 0 heterocycles. The smallest absolute Gasteiger partial charge is 0.260 e. The molecule has 0 saturated heterocycles. The van der Waals surface area contributed by atoms with Crippen molar-refractivity contribution in [1.82, 2.24) is 4.90 Å². The van der Waals surface area contributed by atoms with Crippen LogP contribution in [0.2, 0.25) is 0 Å². The first kappa shape index (κ1) is 20.4. The maximum absolute atomic E-state index is 12.4. The van der Waals surface area contributed by atoms with Crippen molar-refractivity contribution in [2.75, 3.05) is 27.4 Å². The lowest BCUT2D eigenvalue weighted by atomic mass is 10.2. The van der Waals surface area contributed by atoms with Crippen molar-refractivity contribution in [1.29, 1.82) is 0 Å². The van der Waals surface area contributed by atoms with E-state index in [1.807, 2.05) is 68.5 Å². The third-order valence-electron chi connectivity index (χ3n) is 3.98. The van der Waals surface area contributed by atoms with Gasteiger partial charge in [0.05, 0.1) is 13.7 Å². The monoisotopic (exact) mass is 369 g/mol. The summed E-state index contributed by atoms with van der Waals surface area (Å²) in [6.07, 6.45) is 3.93. The largest absolute Gasteiger partial charge is 0.494 e. The van der Waals surface area contributed by atoms with Gasteiger partial charge in [-0.15, -0.1) is 0 Å². The second-order valence-corrected chi connectivity index (χ2v) is 6.03. The fourth-order valence-corrected chi connectivity index (χ4v) is 2.57. The van der Waals surface area contributed by atoms with Crippen LogP contribution in [0.15, 0.2) is 48.5 Å². The third kappa shape index (κ3) is 6.06. The molecule has 0 unspecified atom stereocenters. The van der Waals surface area contributed by atoms with Gasteiger partial charge in [-0.1, -0.05) is 30.4 Å². The van der Waals surface area contributed by atoms with Crippen molar-refractivity contribution in [3.05, 3.63) is 59.7 Å². The number of rotatable bonds is 9.